The van der Waals surface area contributed by atoms with Crippen molar-refractivity contribution in [2.24, 2.45) is 0 Å². The molecule has 56 heavy (non-hydrogen) atoms. The lowest BCUT2D eigenvalue weighted by molar-refractivity contribution is 0.744. The van der Waals surface area contributed by atoms with E-state index in [0.29, 0.717) is 5.82 Å². The molecule has 0 N–H and O–H groups in total. The Morgan fingerprint density at radius 3 is 2.11 bits per heavy atom. The van der Waals surface area contributed by atoms with Crippen molar-refractivity contribution in [1.82, 2.24) is 14.5 Å². The van der Waals surface area contributed by atoms with Crippen molar-refractivity contribution in [1.29, 1.82) is 0 Å². The maximum Gasteiger partial charge on any atom is 0.160 e. The van der Waals surface area contributed by atoms with E-state index in [9.17, 15) is 0 Å². The van der Waals surface area contributed by atoms with Gasteiger partial charge in [-0.3, -0.25) is 0 Å². The number of rotatable bonds is 6. The van der Waals surface area contributed by atoms with E-state index in [-0.39, 0.29) is 12.0 Å². The summed E-state index contributed by atoms with van der Waals surface area (Å²) in [5.41, 5.74) is 16.0. The monoisotopic (exact) mass is 718 g/mol. The van der Waals surface area contributed by atoms with Gasteiger partial charge in [0.25, 0.3) is 0 Å². The fraction of sp³-hybridized carbons (Fsp3) is 0.0769. The van der Waals surface area contributed by atoms with Gasteiger partial charge in [0, 0.05) is 56.3 Å². The molecule has 266 valence electrons. The van der Waals surface area contributed by atoms with Gasteiger partial charge in [0.2, 0.25) is 0 Å². The Morgan fingerprint density at radius 1 is 0.536 bits per heavy atom. The van der Waals surface area contributed by atoms with Crippen molar-refractivity contribution >= 4 is 28.4 Å². The number of fused-ring (bicyclic) bond motifs is 6. The van der Waals surface area contributed by atoms with E-state index in [4.69, 9.17) is 9.97 Å². The highest BCUT2D eigenvalue weighted by Gasteiger charge is 2.37. The number of hydrogen-bond donors (Lipinski definition) is 0. The van der Waals surface area contributed by atoms with Crippen molar-refractivity contribution < 1.29 is 0 Å². The second kappa shape index (κ2) is 13.4. The number of aromatic nitrogens is 3. The summed E-state index contributed by atoms with van der Waals surface area (Å²) in [5, 5.41) is 1.28. The van der Waals surface area contributed by atoms with Gasteiger partial charge in [0.15, 0.2) is 5.82 Å². The van der Waals surface area contributed by atoms with Crippen LogP contribution in [0.5, 0.6) is 0 Å². The molecule has 0 fully saturated rings. The molecule has 2 atom stereocenters. The maximum atomic E-state index is 5.37. The van der Waals surface area contributed by atoms with Gasteiger partial charge >= 0.3 is 0 Å². The van der Waals surface area contributed by atoms with Crippen LogP contribution in [0.25, 0.3) is 67.7 Å². The lowest BCUT2D eigenvalue weighted by Gasteiger charge is -2.30. The zero-order valence-electron chi connectivity index (χ0n) is 30.8. The number of anilines is 2. The Labute approximate surface area is 327 Å². The predicted molar refractivity (Wildman–Crippen MR) is 231 cm³/mol. The molecule has 0 radical (unpaired) electrons. The van der Waals surface area contributed by atoms with Crippen molar-refractivity contribution in [2.45, 2.75) is 24.8 Å². The molecule has 0 spiro atoms. The highest BCUT2D eigenvalue weighted by Crippen LogP contribution is 2.49. The molecule has 8 aromatic rings. The van der Waals surface area contributed by atoms with E-state index in [2.05, 4.69) is 198 Å². The van der Waals surface area contributed by atoms with E-state index in [1.54, 1.807) is 0 Å². The van der Waals surface area contributed by atoms with Crippen LogP contribution < -0.4 is 4.90 Å². The highest BCUT2D eigenvalue weighted by atomic mass is 15.2. The minimum Gasteiger partial charge on any atom is -0.333 e. The van der Waals surface area contributed by atoms with Crippen LogP contribution in [0.3, 0.4) is 0 Å². The topological polar surface area (TPSA) is 34.0 Å². The summed E-state index contributed by atoms with van der Waals surface area (Å²) in [5.74, 6) is 0.983. The van der Waals surface area contributed by atoms with E-state index in [1.165, 1.54) is 39.0 Å². The molecule has 2 aromatic heterocycles. The van der Waals surface area contributed by atoms with Crippen molar-refractivity contribution in [3.05, 3.63) is 205 Å². The largest absolute Gasteiger partial charge is 0.333 e. The van der Waals surface area contributed by atoms with Crippen LogP contribution >= 0.6 is 0 Å². The molecule has 4 heteroatoms. The van der Waals surface area contributed by atoms with Crippen LogP contribution in [0.4, 0.5) is 11.4 Å². The Hall–Kier alpha value is -7.04. The van der Waals surface area contributed by atoms with Crippen LogP contribution in [0.1, 0.15) is 29.2 Å². The molecule has 3 aliphatic rings. The molecule has 0 saturated carbocycles. The summed E-state index contributed by atoms with van der Waals surface area (Å²) >= 11 is 0. The molecule has 4 nitrogen and oxygen atoms in total. The Morgan fingerprint density at radius 2 is 1.23 bits per heavy atom. The first kappa shape index (κ1) is 32.4. The second-order valence-corrected chi connectivity index (χ2v) is 14.9. The van der Waals surface area contributed by atoms with Gasteiger partial charge in [-0.2, -0.15) is 0 Å². The quantitative estimate of drug-likeness (QED) is 0.172. The zero-order valence-corrected chi connectivity index (χ0v) is 30.8. The first-order valence-electron chi connectivity index (χ1n) is 19.5. The fourth-order valence-electron chi connectivity index (χ4n) is 9.02. The molecule has 11 rings (SSSR count). The summed E-state index contributed by atoms with van der Waals surface area (Å²) in [6.45, 7) is 0. The van der Waals surface area contributed by atoms with E-state index < -0.39 is 0 Å². The summed E-state index contributed by atoms with van der Waals surface area (Å²) in [7, 11) is 0. The second-order valence-electron chi connectivity index (χ2n) is 14.9. The number of allylic oxidation sites excluding steroid dienone is 3. The van der Waals surface area contributed by atoms with Crippen LogP contribution in [0.15, 0.2) is 188 Å². The van der Waals surface area contributed by atoms with Crippen LogP contribution in [-0.4, -0.2) is 20.6 Å². The molecule has 0 bridgehead atoms. The van der Waals surface area contributed by atoms with Gasteiger partial charge in [0.05, 0.1) is 22.9 Å². The van der Waals surface area contributed by atoms with Gasteiger partial charge in [0.1, 0.15) is 0 Å². The summed E-state index contributed by atoms with van der Waals surface area (Å²) < 4.78 is 2.50. The third-order valence-corrected chi connectivity index (χ3v) is 11.6. The predicted octanol–water partition coefficient (Wildman–Crippen LogP) is 12.8. The van der Waals surface area contributed by atoms with Crippen LogP contribution in [-0.2, 0) is 6.42 Å². The summed E-state index contributed by atoms with van der Waals surface area (Å²) in [6, 6.07) is 56.7. The summed E-state index contributed by atoms with van der Waals surface area (Å²) in [4.78, 5) is 13.1. The maximum absolute atomic E-state index is 5.37. The highest BCUT2D eigenvalue weighted by molar-refractivity contribution is 5.94. The van der Waals surface area contributed by atoms with Gasteiger partial charge < -0.3 is 9.47 Å². The molecule has 1 aliphatic heterocycles. The minimum absolute atomic E-state index is 0.167. The summed E-state index contributed by atoms with van der Waals surface area (Å²) in [6.07, 6.45) is 15.7. The Kier molecular flexibility index (Phi) is 7.73. The average Bonchev–Trinajstić information content (AvgIpc) is 3.80. The molecule has 0 saturated heterocycles. The SMILES string of the molecule is C1=CC2c3ccccc3N(c3cc(-c4cc(-c5cccc(-c6ccccc6)c5)nc(-c5ccccc5)n4)cc(-n4c5c(c6ccccc64)C=CCC5)c3)C2C=C1. The van der Waals surface area contributed by atoms with E-state index >= 15 is 0 Å². The fourth-order valence-corrected chi connectivity index (χ4v) is 9.02. The van der Waals surface area contributed by atoms with Crippen molar-refractivity contribution in [2.75, 3.05) is 4.90 Å². The van der Waals surface area contributed by atoms with Crippen molar-refractivity contribution in [3.63, 3.8) is 0 Å². The first-order valence-corrected chi connectivity index (χ1v) is 19.5. The van der Waals surface area contributed by atoms with Gasteiger partial charge in [-0.05, 0) is 72.0 Å². The molecule has 2 aliphatic carbocycles. The van der Waals surface area contributed by atoms with E-state index in [1.807, 2.05) is 6.07 Å². The molecule has 3 heterocycles. The number of benzene rings is 6. The average molecular weight is 719 g/mol. The zero-order chi connectivity index (χ0) is 37.0. The van der Waals surface area contributed by atoms with Crippen LogP contribution in [0.2, 0.25) is 0 Å². The van der Waals surface area contributed by atoms with Crippen molar-refractivity contribution in [3.8, 4) is 50.7 Å². The third kappa shape index (κ3) is 5.45. The van der Waals surface area contributed by atoms with Gasteiger partial charge in [-0.15, -0.1) is 0 Å². The lowest BCUT2D eigenvalue weighted by Crippen LogP contribution is -2.28. The van der Waals surface area contributed by atoms with E-state index in [0.717, 1.165) is 57.9 Å². The molecule has 2 unspecified atom stereocenters. The third-order valence-electron chi connectivity index (χ3n) is 11.6. The number of para-hydroxylation sites is 2. The van der Waals surface area contributed by atoms with Gasteiger partial charge in [-0.1, -0.05) is 152 Å². The first-order chi connectivity index (χ1) is 27.8. The normalized spacial score (nSPS) is 16.5. The number of nitrogens with zero attached hydrogens (tertiary/aromatic N) is 4. The number of hydrogen-bond acceptors (Lipinski definition) is 3. The molecular weight excluding hydrogens is 681 g/mol. The Bertz CT molecular complexity index is 2880. The smallest absolute Gasteiger partial charge is 0.160 e. The van der Waals surface area contributed by atoms with Crippen LogP contribution in [0, 0.1) is 0 Å². The Balaban J connectivity index is 1.16. The lowest BCUT2D eigenvalue weighted by atomic mass is 9.91. The molecular formula is C52H38N4. The van der Waals surface area contributed by atoms with Gasteiger partial charge in [-0.25, -0.2) is 9.97 Å². The molecule has 6 aromatic carbocycles. The minimum atomic E-state index is 0.167. The standard InChI is InChI=1S/C52H38N4/c1-3-16-35(17-4-1)37-20-15-21-38(30-37)46-34-47(54-52(53-46)36-18-5-2-6-19-36)39-31-40(55-48-26-11-7-22-42(48)43-23-8-12-27-49(43)55)33-41(32-39)56-50-28-13-9-24-44(50)45-25-10-14-29-51(45)56/h1-13,15-28,30-34,42,48H,14,29H2. The molecule has 0 amide bonds.